The first kappa shape index (κ1) is 11.4. The Morgan fingerprint density at radius 3 is 2.40 bits per heavy atom. The van der Waals surface area contributed by atoms with Gasteiger partial charge in [-0.1, -0.05) is 6.42 Å². The number of aliphatic hydroxyl groups is 2. The van der Waals surface area contributed by atoms with Gasteiger partial charge in [0.1, 0.15) is 0 Å². The molecule has 0 amide bonds. The van der Waals surface area contributed by atoms with E-state index in [0.29, 0.717) is 0 Å². The molecule has 0 aromatic carbocycles. The van der Waals surface area contributed by atoms with E-state index in [4.69, 9.17) is 10.2 Å². The molecule has 3 heteroatoms. The number of hydrogen-bond acceptors (Lipinski definition) is 3. The van der Waals surface area contributed by atoms with Gasteiger partial charge in [0.15, 0.2) is 0 Å². The Labute approximate surface area is 91.9 Å². The van der Waals surface area contributed by atoms with Gasteiger partial charge in [0.2, 0.25) is 0 Å². The SMILES string of the molecule is CC(CO)(CO)NCC1CC2CCC1C2. The van der Waals surface area contributed by atoms with E-state index in [9.17, 15) is 0 Å². The quantitative estimate of drug-likeness (QED) is 0.632. The fraction of sp³-hybridized carbons (Fsp3) is 1.00. The van der Waals surface area contributed by atoms with Crippen LogP contribution in [-0.4, -0.2) is 35.5 Å². The van der Waals surface area contributed by atoms with Gasteiger partial charge in [-0.05, 0) is 50.5 Å². The predicted molar refractivity (Wildman–Crippen MR) is 59.5 cm³/mol. The van der Waals surface area contributed by atoms with Gasteiger partial charge in [0, 0.05) is 0 Å². The molecule has 15 heavy (non-hydrogen) atoms. The summed E-state index contributed by atoms with van der Waals surface area (Å²) in [6.07, 6.45) is 5.59. The maximum Gasteiger partial charge on any atom is 0.0633 e. The molecule has 3 nitrogen and oxygen atoms in total. The number of nitrogens with one attached hydrogen (secondary N) is 1. The first-order valence-electron chi connectivity index (χ1n) is 6.13. The van der Waals surface area contributed by atoms with E-state index < -0.39 is 5.54 Å². The Bertz CT molecular complexity index is 216. The molecule has 2 aliphatic rings. The molecule has 2 aliphatic carbocycles. The van der Waals surface area contributed by atoms with Gasteiger partial charge < -0.3 is 15.5 Å². The second-order valence-corrected chi connectivity index (χ2v) is 5.69. The molecular weight excluding hydrogens is 190 g/mol. The molecule has 0 spiro atoms. The molecule has 2 bridgehead atoms. The third-order valence-corrected chi connectivity index (χ3v) is 4.37. The number of aliphatic hydroxyl groups excluding tert-OH is 2. The first-order chi connectivity index (χ1) is 7.17. The lowest BCUT2D eigenvalue weighted by Gasteiger charge is -2.30. The molecule has 0 heterocycles. The third kappa shape index (κ3) is 2.35. The van der Waals surface area contributed by atoms with Crippen molar-refractivity contribution in [2.75, 3.05) is 19.8 Å². The summed E-state index contributed by atoms with van der Waals surface area (Å²) < 4.78 is 0. The van der Waals surface area contributed by atoms with Gasteiger partial charge in [-0.25, -0.2) is 0 Å². The zero-order chi connectivity index (χ0) is 10.9. The smallest absolute Gasteiger partial charge is 0.0633 e. The van der Waals surface area contributed by atoms with Gasteiger partial charge in [-0.2, -0.15) is 0 Å². The normalized spacial score (nSPS) is 35.0. The Morgan fingerprint density at radius 1 is 1.20 bits per heavy atom. The summed E-state index contributed by atoms with van der Waals surface area (Å²) in [5, 5.41) is 21.7. The van der Waals surface area contributed by atoms with Gasteiger partial charge in [0.25, 0.3) is 0 Å². The lowest BCUT2D eigenvalue weighted by Crippen LogP contribution is -2.51. The van der Waals surface area contributed by atoms with Gasteiger partial charge in [0.05, 0.1) is 18.8 Å². The van der Waals surface area contributed by atoms with Crippen LogP contribution < -0.4 is 5.32 Å². The average Bonchev–Trinajstić information content (AvgIpc) is 2.87. The molecule has 0 radical (unpaired) electrons. The van der Waals surface area contributed by atoms with Crippen LogP contribution in [0.2, 0.25) is 0 Å². The van der Waals surface area contributed by atoms with E-state index in [2.05, 4.69) is 5.32 Å². The van der Waals surface area contributed by atoms with Crippen molar-refractivity contribution in [3.05, 3.63) is 0 Å². The molecule has 0 aromatic heterocycles. The van der Waals surface area contributed by atoms with Crippen LogP contribution in [0.3, 0.4) is 0 Å². The van der Waals surface area contributed by atoms with Crippen LogP contribution in [0.25, 0.3) is 0 Å². The molecule has 2 saturated carbocycles. The minimum Gasteiger partial charge on any atom is -0.394 e. The van der Waals surface area contributed by atoms with Crippen LogP contribution in [0.1, 0.15) is 32.6 Å². The molecular formula is C12H23NO2. The Hall–Kier alpha value is -0.120. The number of fused-ring (bicyclic) bond motifs is 2. The average molecular weight is 213 g/mol. The van der Waals surface area contributed by atoms with Crippen molar-refractivity contribution >= 4 is 0 Å². The van der Waals surface area contributed by atoms with Crippen molar-refractivity contribution in [2.45, 2.75) is 38.1 Å². The third-order valence-electron chi connectivity index (χ3n) is 4.37. The summed E-state index contributed by atoms with van der Waals surface area (Å²) in [5.74, 6) is 2.65. The van der Waals surface area contributed by atoms with Crippen LogP contribution in [0, 0.1) is 17.8 Å². The highest BCUT2D eigenvalue weighted by atomic mass is 16.3. The summed E-state index contributed by atoms with van der Waals surface area (Å²) in [4.78, 5) is 0. The second-order valence-electron chi connectivity index (χ2n) is 5.69. The van der Waals surface area contributed by atoms with Crippen molar-refractivity contribution in [3.63, 3.8) is 0 Å². The molecule has 0 aromatic rings. The first-order valence-corrected chi connectivity index (χ1v) is 6.13. The maximum absolute atomic E-state index is 9.17. The maximum atomic E-state index is 9.17. The van der Waals surface area contributed by atoms with Crippen molar-refractivity contribution in [1.82, 2.24) is 5.32 Å². The summed E-state index contributed by atoms with van der Waals surface area (Å²) in [6, 6.07) is 0. The monoisotopic (exact) mass is 213 g/mol. The predicted octanol–water partition coefficient (Wildman–Crippen LogP) is 0.755. The minimum absolute atomic E-state index is 0.00428. The van der Waals surface area contributed by atoms with Gasteiger partial charge >= 0.3 is 0 Å². The van der Waals surface area contributed by atoms with E-state index in [1.165, 1.54) is 25.7 Å². The standard InChI is InChI=1S/C12H23NO2/c1-12(7-14,8-15)13-6-11-5-9-2-3-10(11)4-9/h9-11,13-15H,2-8H2,1H3. The van der Waals surface area contributed by atoms with E-state index in [1.807, 2.05) is 6.92 Å². The Morgan fingerprint density at radius 2 is 1.93 bits per heavy atom. The van der Waals surface area contributed by atoms with E-state index in [0.717, 1.165) is 24.3 Å². The highest BCUT2D eigenvalue weighted by Gasteiger charge is 2.39. The van der Waals surface area contributed by atoms with Crippen molar-refractivity contribution in [3.8, 4) is 0 Å². The summed E-state index contributed by atoms with van der Waals surface area (Å²) >= 11 is 0. The fourth-order valence-corrected chi connectivity index (χ4v) is 3.17. The lowest BCUT2D eigenvalue weighted by atomic mass is 9.88. The molecule has 0 saturated heterocycles. The van der Waals surface area contributed by atoms with Crippen LogP contribution >= 0.6 is 0 Å². The van der Waals surface area contributed by atoms with Crippen molar-refractivity contribution < 1.29 is 10.2 Å². The van der Waals surface area contributed by atoms with Crippen LogP contribution in [-0.2, 0) is 0 Å². The molecule has 88 valence electrons. The number of hydrogen-bond donors (Lipinski definition) is 3. The molecule has 2 fully saturated rings. The van der Waals surface area contributed by atoms with Gasteiger partial charge in [-0.15, -0.1) is 0 Å². The van der Waals surface area contributed by atoms with Crippen molar-refractivity contribution in [1.29, 1.82) is 0 Å². The Kier molecular flexibility index (Phi) is 3.33. The minimum atomic E-state index is -0.498. The van der Waals surface area contributed by atoms with E-state index in [-0.39, 0.29) is 13.2 Å². The van der Waals surface area contributed by atoms with Crippen molar-refractivity contribution in [2.24, 2.45) is 17.8 Å². The highest BCUT2D eigenvalue weighted by molar-refractivity contribution is 4.92. The second kappa shape index (κ2) is 4.40. The van der Waals surface area contributed by atoms with E-state index >= 15 is 0 Å². The van der Waals surface area contributed by atoms with E-state index in [1.54, 1.807) is 0 Å². The topological polar surface area (TPSA) is 52.5 Å². The summed E-state index contributed by atoms with van der Waals surface area (Å²) in [5.41, 5.74) is -0.498. The molecule has 3 atom stereocenters. The zero-order valence-corrected chi connectivity index (χ0v) is 9.58. The highest BCUT2D eigenvalue weighted by Crippen LogP contribution is 2.48. The fourth-order valence-electron chi connectivity index (χ4n) is 3.17. The van der Waals surface area contributed by atoms with Crippen LogP contribution in [0.5, 0.6) is 0 Å². The summed E-state index contributed by atoms with van der Waals surface area (Å²) in [6.45, 7) is 2.84. The van der Waals surface area contributed by atoms with Gasteiger partial charge in [-0.3, -0.25) is 0 Å². The Balaban J connectivity index is 1.78. The summed E-state index contributed by atoms with van der Waals surface area (Å²) in [7, 11) is 0. The van der Waals surface area contributed by atoms with Crippen LogP contribution in [0.15, 0.2) is 0 Å². The zero-order valence-electron chi connectivity index (χ0n) is 9.58. The van der Waals surface area contributed by atoms with Crippen LogP contribution in [0.4, 0.5) is 0 Å². The molecule has 3 unspecified atom stereocenters. The largest absolute Gasteiger partial charge is 0.394 e. The lowest BCUT2D eigenvalue weighted by molar-refractivity contribution is 0.0971. The number of rotatable bonds is 5. The molecule has 0 aliphatic heterocycles. The molecule has 2 rings (SSSR count). The molecule has 3 N–H and O–H groups in total.